The zero-order valence-corrected chi connectivity index (χ0v) is 21.2. The van der Waals surface area contributed by atoms with Crippen molar-refractivity contribution in [1.29, 1.82) is 0 Å². The molecule has 0 unspecified atom stereocenters. The topological polar surface area (TPSA) is 83.9 Å². The van der Waals surface area contributed by atoms with Crippen LogP contribution in [0.1, 0.15) is 39.5 Å². The number of nitrogens with zero attached hydrogens (tertiary/aromatic N) is 1. The first kappa shape index (κ1) is 24.6. The summed E-state index contributed by atoms with van der Waals surface area (Å²) in [5.41, 5.74) is 1.19. The normalized spacial score (nSPS) is 20.0. The van der Waals surface area contributed by atoms with E-state index >= 15 is 0 Å². The van der Waals surface area contributed by atoms with Crippen LogP contribution in [-0.2, 0) is 14.6 Å². The number of carboxylic acids is 1. The third-order valence-electron chi connectivity index (χ3n) is 5.91. The summed E-state index contributed by atoms with van der Waals surface area (Å²) in [5, 5.41) is 8.82. The van der Waals surface area contributed by atoms with Crippen LogP contribution < -0.4 is 9.64 Å². The van der Waals surface area contributed by atoms with Crippen molar-refractivity contribution in [3.63, 3.8) is 0 Å². The Kier molecular flexibility index (Phi) is 7.87. The molecule has 32 heavy (non-hydrogen) atoms. The number of hydrogen-bond acceptors (Lipinski definition) is 5. The lowest BCUT2D eigenvalue weighted by atomic mass is 9.81. The van der Waals surface area contributed by atoms with Crippen molar-refractivity contribution in [3.05, 3.63) is 58.4 Å². The Morgan fingerprint density at radius 3 is 2.59 bits per heavy atom. The number of carbonyl (C=O) groups is 1. The van der Waals surface area contributed by atoms with Gasteiger partial charge >= 0.3 is 5.97 Å². The minimum atomic E-state index is -3.62. The number of anilines is 2. The minimum absolute atomic E-state index is 0.0673. The van der Waals surface area contributed by atoms with E-state index in [4.69, 9.17) is 9.84 Å². The number of halogens is 1. The summed E-state index contributed by atoms with van der Waals surface area (Å²) in [5.74, 6) is -0.755. The van der Waals surface area contributed by atoms with E-state index in [9.17, 15) is 13.2 Å². The van der Waals surface area contributed by atoms with Crippen LogP contribution in [0.3, 0.4) is 0 Å². The molecule has 172 valence electrons. The third kappa shape index (κ3) is 5.46. The third-order valence-corrected chi connectivity index (χ3v) is 8.75. The molecule has 1 atom stereocenters. The smallest absolute Gasteiger partial charge is 0.331 e. The molecule has 8 heteroatoms. The van der Waals surface area contributed by atoms with E-state index in [0.717, 1.165) is 43.7 Å². The quantitative estimate of drug-likeness (QED) is 0.247. The van der Waals surface area contributed by atoms with Crippen molar-refractivity contribution in [2.24, 2.45) is 5.41 Å². The fraction of sp³-hybridized carbons (Fsp3) is 0.375. The molecule has 0 amide bonds. The highest BCUT2D eigenvalue weighted by Crippen LogP contribution is 2.46. The van der Waals surface area contributed by atoms with Crippen molar-refractivity contribution in [2.45, 2.75) is 44.4 Å². The van der Waals surface area contributed by atoms with Gasteiger partial charge in [0.2, 0.25) is 0 Å². The number of rotatable bonds is 8. The van der Waals surface area contributed by atoms with Crippen LogP contribution in [0.15, 0.2) is 59.7 Å². The number of carboxylic acid groups (broad SMARTS) is 1. The predicted molar refractivity (Wildman–Crippen MR) is 134 cm³/mol. The van der Waals surface area contributed by atoms with Crippen molar-refractivity contribution in [2.75, 3.05) is 17.2 Å². The summed E-state index contributed by atoms with van der Waals surface area (Å²) in [6.07, 6.45) is 5.49. The van der Waals surface area contributed by atoms with E-state index in [0.29, 0.717) is 21.6 Å². The number of ether oxygens (including phenoxy) is 1. The number of aliphatic carboxylic acids is 1. The number of sulfone groups is 1. The Morgan fingerprint density at radius 2 is 1.97 bits per heavy atom. The van der Waals surface area contributed by atoms with Gasteiger partial charge < -0.3 is 14.7 Å². The van der Waals surface area contributed by atoms with E-state index < -0.39 is 15.8 Å². The van der Waals surface area contributed by atoms with Crippen LogP contribution in [-0.4, -0.2) is 31.8 Å². The van der Waals surface area contributed by atoms with E-state index in [1.807, 2.05) is 36.4 Å². The van der Waals surface area contributed by atoms with Gasteiger partial charge in [0, 0.05) is 23.7 Å². The molecule has 0 aliphatic carbocycles. The van der Waals surface area contributed by atoms with Gasteiger partial charge in [-0.3, -0.25) is 0 Å². The molecule has 2 aromatic carbocycles. The van der Waals surface area contributed by atoms with E-state index in [2.05, 4.69) is 41.3 Å². The molecule has 0 saturated heterocycles. The van der Waals surface area contributed by atoms with E-state index in [1.54, 1.807) is 0 Å². The van der Waals surface area contributed by atoms with Crippen molar-refractivity contribution in [3.8, 4) is 5.75 Å². The molecular formula is C24H28INO5S. The highest BCUT2D eigenvalue weighted by molar-refractivity contribution is 14.1. The maximum absolute atomic E-state index is 13.7. The van der Waals surface area contributed by atoms with Gasteiger partial charge in [-0.2, -0.15) is 0 Å². The van der Waals surface area contributed by atoms with Crippen LogP contribution in [0.2, 0.25) is 0 Å². The predicted octanol–water partition coefficient (Wildman–Crippen LogP) is 5.78. The second-order valence-corrected chi connectivity index (χ2v) is 11.3. The number of fused-ring (bicyclic) bond motifs is 1. The summed E-state index contributed by atoms with van der Waals surface area (Å²) in [4.78, 5) is 13.1. The molecule has 0 radical (unpaired) electrons. The maximum atomic E-state index is 13.7. The lowest BCUT2D eigenvalue weighted by Crippen LogP contribution is -2.37. The molecule has 2 aromatic rings. The fourth-order valence-electron chi connectivity index (χ4n) is 4.12. The molecule has 0 bridgehead atoms. The van der Waals surface area contributed by atoms with Crippen molar-refractivity contribution < 1.29 is 23.1 Å². The molecule has 0 aromatic heterocycles. The Labute approximate surface area is 203 Å². The van der Waals surface area contributed by atoms with E-state index in [-0.39, 0.29) is 16.1 Å². The second kappa shape index (κ2) is 10.2. The van der Waals surface area contributed by atoms with Crippen LogP contribution >= 0.6 is 22.6 Å². The average molecular weight is 569 g/mol. The van der Waals surface area contributed by atoms with Crippen LogP contribution in [0.5, 0.6) is 5.75 Å². The molecule has 0 saturated carbocycles. The highest BCUT2D eigenvalue weighted by Gasteiger charge is 2.41. The van der Waals surface area contributed by atoms with Crippen LogP contribution in [0.4, 0.5) is 11.4 Å². The zero-order chi connectivity index (χ0) is 23.4. The number of unbranched alkanes of at least 4 members (excludes halogenated alkanes) is 1. The Morgan fingerprint density at radius 1 is 1.25 bits per heavy atom. The summed E-state index contributed by atoms with van der Waals surface area (Å²) >= 11 is 2.09. The molecule has 6 nitrogen and oxygen atoms in total. The van der Waals surface area contributed by atoms with Crippen LogP contribution in [0, 0.1) is 8.99 Å². The monoisotopic (exact) mass is 569 g/mol. The number of benzene rings is 2. The largest absolute Gasteiger partial charge is 0.478 e. The van der Waals surface area contributed by atoms with Gasteiger partial charge in [0.15, 0.2) is 9.84 Å². The minimum Gasteiger partial charge on any atom is -0.478 e. The van der Waals surface area contributed by atoms with Crippen molar-refractivity contribution >= 4 is 49.8 Å². The lowest BCUT2D eigenvalue weighted by Gasteiger charge is -2.36. The van der Waals surface area contributed by atoms with Gasteiger partial charge in [0.25, 0.3) is 0 Å². The van der Waals surface area contributed by atoms with Gasteiger partial charge in [-0.25, -0.2) is 13.2 Å². The maximum Gasteiger partial charge on any atom is 0.331 e. The van der Waals surface area contributed by atoms with Gasteiger partial charge in [0.1, 0.15) is 5.75 Å². The van der Waals surface area contributed by atoms with Gasteiger partial charge in [-0.1, -0.05) is 44.9 Å². The van der Waals surface area contributed by atoms with Gasteiger partial charge in [-0.15, -0.1) is 0 Å². The van der Waals surface area contributed by atoms with Gasteiger partial charge in [0.05, 0.1) is 32.2 Å². The number of para-hydroxylation sites is 1. The average Bonchev–Trinajstić information content (AvgIpc) is 2.85. The molecular weight excluding hydrogens is 541 g/mol. The van der Waals surface area contributed by atoms with E-state index in [1.165, 1.54) is 6.07 Å². The number of hydrogen-bond donors (Lipinski definition) is 1. The molecule has 0 fully saturated rings. The first-order valence-corrected chi connectivity index (χ1v) is 13.4. The molecule has 0 spiro atoms. The molecule has 3 rings (SSSR count). The highest BCUT2D eigenvalue weighted by atomic mass is 127. The Hall–Kier alpha value is -2.07. The van der Waals surface area contributed by atoms with Gasteiger partial charge in [-0.05, 0) is 53.6 Å². The first-order valence-electron chi connectivity index (χ1n) is 10.7. The van der Waals surface area contributed by atoms with Crippen molar-refractivity contribution in [1.82, 2.24) is 0 Å². The standard InChI is InChI=1S/C24H28INO5S/c1-3-5-12-24(4-2)16-26(18-9-7-6-8-10-18)20-14-19(25)21(31-13-11-23(27)28)15-22(20)32(29,30)17-24/h6-11,13-15H,3-5,12,16-17H2,1-2H3,(H,27,28)/b13-11-/t24-/m0/s1. The molecule has 1 aliphatic heterocycles. The Balaban J connectivity index is 2.19. The lowest BCUT2D eigenvalue weighted by molar-refractivity contribution is -0.131. The Bertz CT molecular complexity index is 1100. The molecule has 1 aliphatic rings. The second-order valence-electron chi connectivity index (χ2n) is 8.15. The summed E-state index contributed by atoms with van der Waals surface area (Å²) < 4.78 is 33.5. The zero-order valence-electron chi connectivity index (χ0n) is 18.3. The molecule has 1 N–H and O–H groups in total. The molecule has 1 heterocycles. The fourth-order valence-corrected chi connectivity index (χ4v) is 6.87. The summed E-state index contributed by atoms with van der Waals surface area (Å²) in [7, 11) is -3.62. The summed E-state index contributed by atoms with van der Waals surface area (Å²) in [6.45, 7) is 4.79. The first-order chi connectivity index (χ1) is 15.2. The SMILES string of the molecule is CCCC[C@@]1(CC)CN(c2ccccc2)c2cc(I)c(O/C=C\C(=O)O)cc2S(=O)(=O)C1. The summed E-state index contributed by atoms with van der Waals surface area (Å²) in [6, 6.07) is 13.2. The van der Waals surface area contributed by atoms with Crippen LogP contribution in [0.25, 0.3) is 0 Å².